The molecule has 10 atom stereocenters. The summed E-state index contributed by atoms with van der Waals surface area (Å²) in [6.45, 7) is 12.5. The molecule has 2 aromatic rings. The summed E-state index contributed by atoms with van der Waals surface area (Å²) in [5.74, 6) is -7.78. The van der Waals surface area contributed by atoms with Crippen LogP contribution in [0.1, 0.15) is 91.5 Å². The van der Waals surface area contributed by atoms with E-state index in [9.17, 15) is 43.2 Å². The van der Waals surface area contributed by atoms with E-state index < -0.39 is 102 Å². The van der Waals surface area contributed by atoms with E-state index in [0.717, 1.165) is 25.8 Å². The van der Waals surface area contributed by atoms with Crippen LogP contribution in [-0.4, -0.2) is 205 Å². The van der Waals surface area contributed by atoms with Gasteiger partial charge in [-0.05, 0) is 56.4 Å². The zero-order valence-electron chi connectivity index (χ0n) is 46.9. The highest BCUT2D eigenvalue weighted by Crippen LogP contribution is 2.05. The molecule has 0 amide bonds. The first-order valence-electron chi connectivity index (χ1n) is 24.9. The van der Waals surface area contributed by atoms with Gasteiger partial charge >= 0.3 is 53.7 Å². The van der Waals surface area contributed by atoms with Gasteiger partial charge in [0.05, 0.1) is 24.0 Å². The number of hydrogen-bond acceptors (Lipinski definition) is 23. The van der Waals surface area contributed by atoms with Crippen LogP contribution in [0.3, 0.4) is 0 Å². The lowest BCUT2D eigenvalue weighted by Gasteiger charge is -2.11. The summed E-state index contributed by atoms with van der Waals surface area (Å²) in [5.41, 5.74) is 47.6. The van der Waals surface area contributed by atoms with E-state index in [1.807, 2.05) is 27.7 Å². The Balaban J connectivity index is -0.000000199. The Hall–Kier alpha value is -6.74. The monoisotopic (exact) mass is 1220 g/mol. The largest absolute Gasteiger partial charge is 0.480 e. The highest BCUT2D eigenvalue weighted by Gasteiger charge is 2.21. The second-order valence-electron chi connectivity index (χ2n) is 18.0. The maximum absolute atomic E-state index is 10.3. The second-order valence-corrected chi connectivity index (χ2v) is 18.8. The normalized spacial score (nSPS) is 15.0. The quantitative estimate of drug-likeness (QED) is 0.0213. The molecule has 36 heteroatoms. The van der Waals surface area contributed by atoms with Crippen molar-refractivity contribution < 1.29 is 89.1 Å². The highest BCUT2D eigenvalue weighted by molar-refractivity contribution is 7.80. The van der Waals surface area contributed by atoms with E-state index in [1.165, 1.54) is 12.7 Å². The number of aromatic nitrogens is 4. The van der Waals surface area contributed by atoms with Crippen LogP contribution < -0.4 is 62.2 Å². The van der Waals surface area contributed by atoms with Crippen molar-refractivity contribution in [3.8, 4) is 0 Å². The molecule has 0 aliphatic carbocycles. The molecule has 1 fully saturated rings. The summed E-state index contributed by atoms with van der Waals surface area (Å²) >= 11 is 7.30. The summed E-state index contributed by atoms with van der Waals surface area (Å²) < 4.78 is 0. The maximum atomic E-state index is 10.3. The van der Waals surface area contributed by atoms with Gasteiger partial charge in [0, 0.05) is 43.3 Å². The van der Waals surface area contributed by atoms with Crippen LogP contribution in [0.2, 0.25) is 0 Å². The number of imidazole rings is 2. The number of aromatic amines is 2. The minimum atomic E-state index is -1.01. The van der Waals surface area contributed by atoms with Crippen molar-refractivity contribution in [2.75, 3.05) is 24.6 Å². The Morgan fingerprint density at radius 1 is 0.610 bits per heavy atom. The second kappa shape index (κ2) is 52.3. The van der Waals surface area contributed by atoms with Gasteiger partial charge in [0.2, 0.25) is 0 Å². The van der Waals surface area contributed by atoms with E-state index in [1.54, 1.807) is 26.2 Å². The number of nitrogens with one attached hydrogen (secondary N) is 5. The molecule has 3 heterocycles. The summed E-state index contributed by atoms with van der Waals surface area (Å²) in [5, 5.41) is 86.7. The van der Waals surface area contributed by atoms with Gasteiger partial charge in [-0.3, -0.25) is 48.6 Å². The van der Waals surface area contributed by atoms with Crippen molar-refractivity contribution in [2.24, 2.45) is 69.4 Å². The van der Waals surface area contributed by atoms with Crippen LogP contribution in [0.5, 0.6) is 0 Å². The Kier molecular flexibility index (Phi) is 55.2. The van der Waals surface area contributed by atoms with Gasteiger partial charge < -0.3 is 118 Å². The standard InChI is InChI=1S/C6H14N4O2.2C6H9N3O2.2C6H13NO2.C5H9NO2.C5H11NO2.2C3H7NO2S/c7-4(5(11)12)2-1-3-10-6(8)9;2*7-5(6(10)11)1-4-2-8-3-9-4;1-4(2)3-5(7)6(8)9;1-3-4(2)5(7)6(8)9;7-5(8)4-2-1-3-6-4;1-3(2)4(6)5(7)8;2*4-2(1-7)3(5)6/h4H,1-3,7H2,(H,11,12)(H4,8,9,10);2*2-3,5H,1,7H2,(H,8,9)(H,10,11);2*4-5H,3,7H2,1-2H3,(H,8,9);4,6H,1-3H2,(H,7,8);3-4H,6H2,1-2H3,(H,7,8);2*2,7H,1,4H2,(H,5,6)/t;;;;;4-;;;/m.....0.../s1. The predicted molar refractivity (Wildman–Crippen MR) is 309 cm³/mol. The fourth-order valence-electron chi connectivity index (χ4n) is 4.54. The molecule has 3 rings (SSSR count). The van der Waals surface area contributed by atoms with Crippen LogP contribution >= 0.6 is 25.3 Å². The number of carbonyl (C=O) groups is 9. The van der Waals surface area contributed by atoms with E-state index in [0.29, 0.717) is 43.1 Å². The number of nitrogens with two attached hydrogens (primary N) is 9. The molecule has 0 saturated carbocycles. The van der Waals surface area contributed by atoms with Crippen LogP contribution in [-0.2, 0) is 56.0 Å². The predicted octanol–water partition coefficient (Wildman–Crippen LogP) is -3.19. The van der Waals surface area contributed by atoms with E-state index in [-0.39, 0.29) is 48.2 Å². The first-order chi connectivity index (χ1) is 37.8. The van der Waals surface area contributed by atoms with Gasteiger partial charge in [-0.15, -0.1) is 0 Å². The van der Waals surface area contributed by atoms with E-state index >= 15 is 0 Å². The topological polar surface area (TPSA) is 675 Å². The molecule has 1 aliphatic heterocycles. The Bertz CT molecular complexity index is 1980. The summed E-state index contributed by atoms with van der Waals surface area (Å²) in [4.78, 5) is 104. The smallest absolute Gasteiger partial charge is 0.321 e. The first-order valence-corrected chi connectivity index (χ1v) is 26.1. The van der Waals surface area contributed by atoms with E-state index in [4.69, 9.17) is 103 Å². The molecule has 476 valence electrons. The number of rotatable bonds is 24. The molecule has 1 aliphatic rings. The van der Waals surface area contributed by atoms with Crippen LogP contribution in [0, 0.1) is 23.2 Å². The number of nitrogens with zero attached hydrogens (tertiary/aromatic N) is 2. The van der Waals surface area contributed by atoms with Gasteiger partial charge in [-0.1, -0.05) is 48.0 Å². The summed E-state index contributed by atoms with van der Waals surface area (Å²) in [7, 11) is 0. The lowest BCUT2D eigenvalue weighted by molar-refractivity contribution is -0.140. The van der Waals surface area contributed by atoms with Gasteiger partial charge in [0.25, 0.3) is 0 Å². The zero-order chi connectivity index (χ0) is 65.4. The van der Waals surface area contributed by atoms with E-state index in [2.05, 4.69) is 55.8 Å². The van der Waals surface area contributed by atoms with Crippen molar-refractivity contribution in [3.63, 3.8) is 0 Å². The Morgan fingerprint density at radius 2 is 0.988 bits per heavy atom. The number of H-pyrrole nitrogens is 2. The molecular weight excluding hydrogens is 1130 g/mol. The zero-order valence-corrected chi connectivity index (χ0v) is 48.7. The van der Waals surface area contributed by atoms with Gasteiger partial charge in [-0.25, -0.2) is 9.97 Å². The third-order valence-corrected chi connectivity index (χ3v) is 10.7. The third-order valence-electron chi connectivity index (χ3n) is 9.90. The molecule has 82 heavy (non-hydrogen) atoms. The van der Waals surface area contributed by atoms with Crippen molar-refractivity contribution >= 4 is 84.9 Å². The molecule has 32 N–H and O–H groups in total. The van der Waals surface area contributed by atoms with Gasteiger partial charge in [0.1, 0.15) is 54.4 Å². The molecule has 1 saturated heterocycles. The number of thiol groups is 2. The molecule has 0 bridgehead atoms. The molecule has 0 aromatic carbocycles. The molecule has 9 unspecified atom stereocenters. The van der Waals surface area contributed by atoms with Crippen LogP contribution in [0.4, 0.5) is 0 Å². The van der Waals surface area contributed by atoms with Crippen LogP contribution in [0.25, 0.3) is 0 Å². The first kappa shape index (κ1) is 86.5. The number of guanidine groups is 1. The molecule has 0 spiro atoms. The Morgan fingerprint density at radius 3 is 1.16 bits per heavy atom. The van der Waals surface area contributed by atoms with Crippen molar-refractivity contribution in [3.05, 3.63) is 36.4 Å². The number of hydrogen-bond donors (Lipinski definition) is 25. The highest BCUT2D eigenvalue weighted by atomic mass is 32.1. The van der Waals surface area contributed by atoms with Crippen molar-refractivity contribution in [2.45, 2.75) is 147 Å². The summed E-state index contributed by atoms with van der Waals surface area (Å²) in [6.07, 6.45) is 10.9. The minimum Gasteiger partial charge on any atom is -0.480 e. The SMILES string of the molecule is CC(C)C(N)C(=O)O.CC(C)CC(N)C(=O)O.CCC(C)C(N)C(=O)O.N=C(N)NCCCC(N)C(=O)O.NC(CS)C(=O)O.NC(CS)C(=O)O.NC(Cc1c[nH]cn1)C(=O)O.NC(Cc1c[nH]cn1)C(=O)O.O=C(O)[C@@H]1CCCN1. The fourth-order valence-corrected chi connectivity index (χ4v) is 4.85. The number of aliphatic carboxylic acids is 9. The van der Waals surface area contributed by atoms with Crippen molar-refractivity contribution in [1.82, 2.24) is 30.6 Å². The lowest BCUT2D eigenvalue weighted by atomic mass is 10.0. The minimum absolute atomic E-state index is 0.0208. The van der Waals surface area contributed by atoms with Crippen molar-refractivity contribution in [1.29, 1.82) is 5.41 Å². The molecule has 34 nitrogen and oxygen atoms in total. The van der Waals surface area contributed by atoms with Crippen LogP contribution in [0.15, 0.2) is 25.0 Å². The third kappa shape index (κ3) is 55.2. The number of carboxylic acid groups (broad SMARTS) is 9. The Labute approximate surface area is 486 Å². The average molecular weight is 1220 g/mol. The lowest BCUT2D eigenvalue weighted by Crippen LogP contribution is -2.36. The summed E-state index contributed by atoms with van der Waals surface area (Å²) in [6, 6.07) is -6.55. The molecule has 0 radical (unpaired) electrons. The maximum Gasteiger partial charge on any atom is 0.321 e. The number of carboxylic acids is 9. The van der Waals surface area contributed by atoms with Gasteiger partial charge in [0.15, 0.2) is 5.96 Å². The molecule has 2 aromatic heterocycles. The van der Waals surface area contributed by atoms with Gasteiger partial charge in [-0.2, -0.15) is 25.3 Å². The fraction of sp³-hybridized carbons (Fsp3) is 0.652. The average Bonchev–Trinajstić information content (AvgIpc) is 4.24. The molecular formula is C46H92N16O18S2.